The molecule has 4 aromatic rings. The van der Waals surface area contributed by atoms with Crippen LogP contribution in [-0.4, -0.2) is 21.0 Å². The SMILES string of the molecule is Cc1cc(C(=O)NCc2nc(Cc3cccs3)no2)c2ccccc2n1. The van der Waals surface area contributed by atoms with Crippen LogP contribution in [0, 0.1) is 6.92 Å². The van der Waals surface area contributed by atoms with Gasteiger partial charge in [0.05, 0.1) is 17.6 Å². The molecule has 0 unspecified atom stereocenters. The van der Waals surface area contributed by atoms with Crippen molar-refractivity contribution in [1.82, 2.24) is 20.4 Å². The molecule has 0 saturated heterocycles. The van der Waals surface area contributed by atoms with Crippen molar-refractivity contribution in [2.45, 2.75) is 19.9 Å². The number of para-hydroxylation sites is 1. The van der Waals surface area contributed by atoms with Crippen LogP contribution >= 0.6 is 11.3 Å². The van der Waals surface area contributed by atoms with Gasteiger partial charge in [0.25, 0.3) is 5.91 Å². The van der Waals surface area contributed by atoms with Gasteiger partial charge < -0.3 is 9.84 Å². The number of rotatable bonds is 5. The van der Waals surface area contributed by atoms with Crippen LogP contribution in [-0.2, 0) is 13.0 Å². The molecule has 0 aliphatic carbocycles. The van der Waals surface area contributed by atoms with E-state index in [2.05, 4.69) is 20.4 Å². The van der Waals surface area contributed by atoms with Crippen molar-refractivity contribution in [3.8, 4) is 0 Å². The number of pyridine rings is 1. The van der Waals surface area contributed by atoms with E-state index in [1.807, 2.05) is 48.7 Å². The van der Waals surface area contributed by atoms with Crippen LogP contribution in [0.3, 0.4) is 0 Å². The van der Waals surface area contributed by atoms with E-state index in [-0.39, 0.29) is 12.5 Å². The van der Waals surface area contributed by atoms with Gasteiger partial charge in [-0.25, -0.2) is 0 Å². The molecule has 0 spiro atoms. The lowest BCUT2D eigenvalue weighted by Gasteiger charge is -2.07. The monoisotopic (exact) mass is 364 g/mol. The van der Waals surface area contributed by atoms with Crippen LogP contribution in [0.4, 0.5) is 0 Å². The van der Waals surface area contributed by atoms with Gasteiger partial charge in [-0.1, -0.05) is 29.4 Å². The highest BCUT2D eigenvalue weighted by molar-refractivity contribution is 7.09. The standard InChI is InChI=1S/C19H16N4O2S/c1-12-9-15(14-6-2-3-7-16(14)21-12)19(24)20-11-18-22-17(23-25-18)10-13-5-4-8-26-13/h2-9H,10-11H2,1H3,(H,20,24). The van der Waals surface area contributed by atoms with Crippen molar-refractivity contribution >= 4 is 28.1 Å². The van der Waals surface area contributed by atoms with E-state index in [1.54, 1.807) is 17.4 Å². The lowest BCUT2D eigenvalue weighted by atomic mass is 10.1. The molecule has 0 bridgehead atoms. The number of aromatic nitrogens is 3. The summed E-state index contributed by atoms with van der Waals surface area (Å²) in [4.78, 5) is 22.6. The number of hydrogen-bond acceptors (Lipinski definition) is 6. The van der Waals surface area contributed by atoms with Crippen LogP contribution < -0.4 is 5.32 Å². The van der Waals surface area contributed by atoms with Crippen LogP contribution in [0.25, 0.3) is 10.9 Å². The Kier molecular flexibility index (Phi) is 4.45. The van der Waals surface area contributed by atoms with E-state index >= 15 is 0 Å². The Morgan fingerprint density at radius 3 is 2.92 bits per heavy atom. The molecule has 3 heterocycles. The van der Waals surface area contributed by atoms with E-state index in [0.717, 1.165) is 16.6 Å². The third-order valence-electron chi connectivity index (χ3n) is 3.91. The third-order valence-corrected chi connectivity index (χ3v) is 4.79. The van der Waals surface area contributed by atoms with Crippen molar-refractivity contribution in [2.75, 3.05) is 0 Å². The molecule has 0 fully saturated rings. The van der Waals surface area contributed by atoms with Gasteiger partial charge >= 0.3 is 0 Å². The molecule has 6 nitrogen and oxygen atoms in total. The van der Waals surface area contributed by atoms with Crippen molar-refractivity contribution in [3.63, 3.8) is 0 Å². The van der Waals surface area contributed by atoms with E-state index in [4.69, 9.17) is 4.52 Å². The Bertz CT molecular complexity index is 1060. The molecule has 0 saturated carbocycles. The van der Waals surface area contributed by atoms with Gasteiger partial charge in [-0.2, -0.15) is 4.98 Å². The van der Waals surface area contributed by atoms with E-state index in [1.165, 1.54) is 4.88 Å². The summed E-state index contributed by atoms with van der Waals surface area (Å²) >= 11 is 1.65. The molecule has 3 aromatic heterocycles. The van der Waals surface area contributed by atoms with E-state index < -0.39 is 0 Å². The molecule has 7 heteroatoms. The topological polar surface area (TPSA) is 80.9 Å². The number of nitrogens with zero attached hydrogens (tertiary/aromatic N) is 3. The Morgan fingerprint density at radius 2 is 2.08 bits per heavy atom. The molecule has 4 rings (SSSR count). The number of nitrogens with one attached hydrogen (secondary N) is 1. The molecular weight excluding hydrogens is 348 g/mol. The number of benzene rings is 1. The molecule has 26 heavy (non-hydrogen) atoms. The van der Waals surface area contributed by atoms with Crippen LogP contribution in [0.1, 0.15) is 32.6 Å². The zero-order valence-electron chi connectivity index (χ0n) is 14.1. The lowest BCUT2D eigenvalue weighted by molar-refractivity contribution is 0.0948. The molecule has 130 valence electrons. The van der Waals surface area contributed by atoms with Gasteiger partial charge in [-0.05, 0) is 30.5 Å². The molecule has 1 N–H and O–H groups in total. The first kappa shape index (κ1) is 16.4. The summed E-state index contributed by atoms with van der Waals surface area (Å²) in [6, 6.07) is 13.4. The first-order chi connectivity index (χ1) is 12.7. The highest BCUT2D eigenvalue weighted by Gasteiger charge is 2.14. The first-order valence-corrected chi connectivity index (χ1v) is 9.05. The summed E-state index contributed by atoms with van der Waals surface area (Å²) in [5.41, 5.74) is 2.19. The van der Waals surface area contributed by atoms with Crippen LogP contribution in [0.5, 0.6) is 0 Å². The summed E-state index contributed by atoms with van der Waals surface area (Å²) < 4.78 is 5.23. The minimum absolute atomic E-state index is 0.186. The van der Waals surface area contributed by atoms with Gasteiger partial charge in [0.15, 0.2) is 5.82 Å². The second-order valence-corrected chi connectivity index (χ2v) is 6.90. The number of carbonyl (C=O) groups excluding carboxylic acids is 1. The fourth-order valence-electron chi connectivity index (χ4n) is 2.75. The molecule has 0 aliphatic rings. The summed E-state index contributed by atoms with van der Waals surface area (Å²) in [6.45, 7) is 2.06. The first-order valence-electron chi connectivity index (χ1n) is 8.17. The van der Waals surface area contributed by atoms with Gasteiger partial charge in [0.1, 0.15) is 0 Å². The average Bonchev–Trinajstić information content (AvgIpc) is 3.31. The fraction of sp³-hybridized carbons (Fsp3) is 0.158. The molecule has 1 aromatic carbocycles. The Hall–Kier alpha value is -3.06. The normalized spacial score (nSPS) is 11.0. The van der Waals surface area contributed by atoms with Gasteiger partial charge in [0.2, 0.25) is 5.89 Å². The maximum Gasteiger partial charge on any atom is 0.252 e. The Labute approximate surface area is 153 Å². The largest absolute Gasteiger partial charge is 0.343 e. The maximum atomic E-state index is 12.6. The zero-order chi connectivity index (χ0) is 17.9. The second-order valence-electron chi connectivity index (χ2n) is 5.87. The quantitative estimate of drug-likeness (QED) is 0.586. The molecule has 1 amide bonds. The predicted octanol–water partition coefficient (Wildman–Crippen LogP) is 3.51. The number of carbonyl (C=O) groups is 1. The number of fused-ring (bicyclic) bond motifs is 1. The number of aryl methyl sites for hydroxylation is 1. The maximum absolute atomic E-state index is 12.6. The molecule has 0 atom stereocenters. The van der Waals surface area contributed by atoms with Gasteiger partial charge in [-0.3, -0.25) is 9.78 Å². The van der Waals surface area contributed by atoms with Crippen molar-refractivity contribution in [2.24, 2.45) is 0 Å². The number of thiophene rings is 1. The Morgan fingerprint density at radius 1 is 1.19 bits per heavy atom. The smallest absolute Gasteiger partial charge is 0.252 e. The van der Waals surface area contributed by atoms with E-state index in [9.17, 15) is 4.79 Å². The Balaban J connectivity index is 1.47. The lowest BCUT2D eigenvalue weighted by Crippen LogP contribution is -2.23. The summed E-state index contributed by atoms with van der Waals surface area (Å²) in [6.07, 6.45) is 0.628. The van der Waals surface area contributed by atoms with Crippen molar-refractivity contribution in [1.29, 1.82) is 0 Å². The summed E-state index contributed by atoms with van der Waals surface area (Å²) in [5.74, 6) is 0.812. The number of hydrogen-bond donors (Lipinski definition) is 1. The average molecular weight is 364 g/mol. The minimum atomic E-state index is -0.190. The predicted molar refractivity (Wildman–Crippen MR) is 99.1 cm³/mol. The molecule has 0 radical (unpaired) electrons. The third kappa shape index (κ3) is 3.48. The van der Waals surface area contributed by atoms with Crippen molar-refractivity contribution < 1.29 is 9.32 Å². The summed E-state index contributed by atoms with van der Waals surface area (Å²) in [5, 5.41) is 9.64. The van der Waals surface area contributed by atoms with Gasteiger partial charge in [-0.15, -0.1) is 11.3 Å². The zero-order valence-corrected chi connectivity index (χ0v) is 14.9. The van der Waals surface area contributed by atoms with Gasteiger partial charge in [0, 0.05) is 22.4 Å². The number of amides is 1. The highest BCUT2D eigenvalue weighted by Crippen LogP contribution is 2.18. The fourth-order valence-corrected chi connectivity index (χ4v) is 3.45. The second kappa shape index (κ2) is 7.05. The minimum Gasteiger partial charge on any atom is -0.343 e. The molecule has 0 aliphatic heterocycles. The molecular formula is C19H16N4O2S. The van der Waals surface area contributed by atoms with Crippen molar-refractivity contribution in [3.05, 3.63) is 75.7 Å². The van der Waals surface area contributed by atoms with E-state index in [0.29, 0.717) is 23.7 Å². The van der Waals surface area contributed by atoms with Crippen LogP contribution in [0.2, 0.25) is 0 Å². The highest BCUT2D eigenvalue weighted by atomic mass is 32.1. The van der Waals surface area contributed by atoms with Crippen LogP contribution in [0.15, 0.2) is 52.4 Å². The summed E-state index contributed by atoms with van der Waals surface area (Å²) in [7, 11) is 0.